The summed E-state index contributed by atoms with van der Waals surface area (Å²) in [6, 6.07) is 3.39. The van der Waals surface area contributed by atoms with Gasteiger partial charge in [0, 0.05) is 12.3 Å². The Kier molecular flexibility index (Phi) is 3.79. The molecule has 0 saturated carbocycles. The first-order valence-electron chi connectivity index (χ1n) is 4.93. The molecule has 2 rings (SSSR count). The van der Waals surface area contributed by atoms with Crippen molar-refractivity contribution in [2.75, 3.05) is 18.1 Å². The third-order valence-electron chi connectivity index (χ3n) is 2.46. The van der Waals surface area contributed by atoms with E-state index in [4.69, 9.17) is 11.6 Å². The number of hydrogen-bond acceptors (Lipinski definition) is 4. The van der Waals surface area contributed by atoms with Crippen LogP contribution < -0.4 is 5.32 Å². The molecule has 2 N–H and O–H groups in total. The molecular formula is C10H12ClNO2S2. The van der Waals surface area contributed by atoms with Gasteiger partial charge in [0.15, 0.2) is 0 Å². The van der Waals surface area contributed by atoms with E-state index in [1.807, 2.05) is 0 Å². The van der Waals surface area contributed by atoms with Crippen LogP contribution in [0.1, 0.15) is 16.1 Å². The summed E-state index contributed by atoms with van der Waals surface area (Å²) < 4.78 is 0.597. The Morgan fingerprint density at radius 1 is 1.62 bits per heavy atom. The molecule has 1 aliphatic heterocycles. The summed E-state index contributed by atoms with van der Waals surface area (Å²) in [7, 11) is 0. The Balaban J connectivity index is 1.88. The Hall–Kier alpha value is -0.230. The molecule has 88 valence electrons. The summed E-state index contributed by atoms with van der Waals surface area (Å²) in [6.07, 6.45) is 0.739. The van der Waals surface area contributed by atoms with E-state index in [9.17, 15) is 9.90 Å². The van der Waals surface area contributed by atoms with Gasteiger partial charge in [0.1, 0.15) is 0 Å². The molecule has 0 bridgehead atoms. The number of thiophene rings is 1. The summed E-state index contributed by atoms with van der Waals surface area (Å²) in [5.74, 6) is 1.48. The van der Waals surface area contributed by atoms with Crippen molar-refractivity contribution in [1.82, 2.24) is 5.32 Å². The molecular weight excluding hydrogens is 266 g/mol. The Morgan fingerprint density at radius 3 is 3.00 bits per heavy atom. The summed E-state index contributed by atoms with van der Waals surface area (Å²) in [6.45, 7) is 0.314. The molecule has 1 aromatic heterocycles. The van der Waals surface area contributed by atoms with Crippen molar-refractivity contribution in [3.05, 3.63) is 21.3 Å². The van der Waals surface area contributed by atoms with E-state index >= 15 is 0 Å². The molecule has 1 aromatic rings. The lowest BCUT2D eigenvalue weighted by molar-refractivity contribution is 0.0614. The van der Waals surface area contributed by atoms with Gasteiger partial charge < -0.3 is 10.4 Å². The lowest BCUT2D eigenvalue weighted by Gasteiger charge is -2.21. The van der Waals surface area contributed by atoms with Crippen LogP contribution in [0.2, 0.25) is 4.34 Å². The van der Waals surface area contributed by atoms with Gasteiger partial charge in [0.2, 0.25) is 0 Å². The second kappa shape index (κ2) is 4.96. The summed E-state index contributed by atoms with van der Waals surface area (Å²) in [4.78, 5) is 12.3. The number of halogens is 1. The zero-order chi connectivity index (χ0) is 11.6. The minimum atomic E-state index is -0.735. The van der Waals surface area contributed by atoms with Crippen molar-refractivity contribution >= 4 is 40.6 Å². The summed E-state index contributed by atoms with van der Waals surface area (Å²) in [5.41, 5.74) is -0.735. The molecule has 6 heteroatoms. The molecule has 1 aliphatic rings. The van der Waals surface area contributed by atoms with Gasteiger partial charge in [-0.15, -0.1) is 11.3 Å². The van der Waals surface area contributed by atoms with Crippen molar-refractivity contribution in [2.24, 2.45) is 0 Å². The topological polar surface area (TPSA) is 49.3 Å². The van der Waals surface area contributed by atoms with Gasteiger partial charge in [-0.05, 0) is 24.3 Å². The van der Waals surface area contributed by atoms with Gasteiger partial charge >= 0.3 is 0 Å². The van der Waals surface area contributed by atoms with Gasteiger partial charge in [0.05, 0.1) is 14.8 Å². The minimum absolute atomic E-state index is 0.165. The van der Waals surface area contributed by atoms with Crippen LogP contribution in [0.4, 0.5) is 0 Å². The SMILES string of the molecule is O=C(NCC1(O)CCSC1)c1ccc(Cl)s1. The van der Waals surface area contributed by atoms with Crippen molar-refractivity contribution < 1.29 is 9.90 Å². The summed E-state index contributed by atoms with van der Waals surface area (Å²) >= 11 is 8.70. The number of carbonyl (C=O) groups is 1. The lowest BCUT2D eigenvalue weighted by Crippen LogP contribution is -2.42. The van der Waals surface area contributed by atoms with E-state index < -0.39 is 5.60 Å². The standard InChI is InChI=1S/C10H12ClNO2S2/c11-8-2-1-7(16-8)9(13)12-5-10(14)3-4-15-6-10/h1-2,14H,3-6H2,(H,12,13). The Morgan fingerprint density at radius 2 is 2.44 bits per heavy atom. The number of nitrogens with one attached hydrogen (secondary N) is 1. The highest BCUT2D eigenvalue weighted by molar-refractivity contribution is 7.99. The highest BCUT2D eigenvalue weighted by Gasteiger charge is 2.32. The number of carbonyl (C=O) groups excluding carboxylic acids is 1. The molecule has 1 fully saturated rings. The molecule has 1 unspecified atom stereocenters. The molecule has 1 atom stereocenters. The quantitative estimate of drug-likeness (QED) is 0.888. The van der Waals surface area contributed by atoms with Crippen LogP contribution in [-0.2, 0) is 0 Å². The molecule has 2 heterocycles. The molecule has 0 radical (unpaired) electrons. The molecule has 16 heavy (non-hydrogen) atoms. The number of thioether (sulfide) groups is 1. The first kappa shape index (κ1) is 12.2. The second-order valence-electron chi connectivity index (χ2n) is 3.81. The van der Waals surface area contributed by atoms with Gasteiger partial charge in [-0.25, -0.2) is 0 Å². The van der Waals surface area contributed by atoms with Crippen LogP contribution in [0.15, 0.2) is 12.1 Å². The Bertz CT molecular complexity index is 388. The van der Waals surface area contributed by atoms with Crippen molar-refractivity contribution in [2.45, 2.75) is 12.0 Å². The first-order chi connectivity index (χ1) is 7.59. The number of amides is 1. The zero-order valence-corrected chi connectivity index (χ0v) is 10.9. The maximum absolute atomic E-state index is 11.7. The van der Waals surface area contributed by atoms with Gasteiger partial charge in [-0.3, -0.25) is 4.79 Å². The third kappa shape index (κ3) is 2.91. The molecule has 1 amide bonds. The predicted molar refractivity (Wildman–Crippen MR) is 68.6 cm³/mol. The average Bonchev–Trinajstić information content (AvgIpc) is 2.85. The molecule has 0 aromatic carbocycles. The van der Waals surface area contributed by atoms with Gasteiger partial charge in [-0.2, -0.15) is 11.8 Å². The monoisotopic (exact) mass is 277 g/mol. The third-order valence-corrected chi connectivity index (χ3v) is 4.92. The maximum Gasteiger partial charge on any atom is 0.261 e. The minimum Gasteiger partial charge on any atom is -0.387 e. The van der Waals surface area contributed by atoms with Crippen LogP contribution in [0.25, 0.3) is 0 Å². The highest BCUT2D eigenvalue weighted by atomic mass is 35.5. The van der Waals surface area contributed by atoms with Crippen molar-refractivity contribution in [1.29, 1.82) is 0 Å². The van der Waals surface area contributed by atoms with Crippen molar-refractivity contribution in [3.8, 4) is 0 Å². The fraction of sp³-hybridized carbons (Fsp3) is 0.500. The van der Waals surface area contributed by atoms with Crippen molar-refractivity contribution in [3.63, 3.8) is 0 Å². The normalized spacial score (nSPS) is 24.6. The van der Waals surface area contributed by atoms with E-state index in [1.54, 1.807) is 23.9 Å². The van der Waals surface area contributed by atoms with Crippen LogP contribution in [0, 0.1) is 0 Å². The van der Waals surface area contributed by atoms with E-state index in [1.165, 1.54) is 11.3 Å². The molecule has 0 aliphatic carbocycles. The Labute approximate surface area is 107 Å². The number of aliphatic hydroxyl groups is 1. The second-order valence-corrected chi connectivity index (χ2v) is 6.63. The first-order valence-corrected chi connectivity index (χ1v) is 7.28. The number of hydrogen-bond donors (Lipinski definition) is 2. The smallest absolute Gasteiger partial charge is 0.261 e. The lowest BCUT2D eigenvalue weighted by atomic mass is 10.0. The predicted octanol–water partition coefficient (Wildman–Crippen LogP) is 2.00. The zero-order valence-electron chi connectivity index (χ0n) is 8.53. The van der Waals surface area contributed by atoms with E-state index in [2.05, 4.69) is 5.32 Å². The summed E-state index contributed by atoms with van der Waals surface area (Å²) in [5, 5.41) is 12.8. The van der Waals surface area contributed by atoms with Gasteiger partial charge in [0.25, 0.3) is 5.91 Å². The molecule has 0 spiro atoms. The van der Waals surface area contributed by atoms with E-state index in [0.717, 1.165) is 12.2 Å². The maximum atomic E-state index is 11.7. The fourth-order valence-electron chi connectivity index (χ4n) is 1.50. The largest absolute Gasteiger partial charge is 0.387 e. The van der Waals surface area contributed by atoms with Crippen LogP contribution in [-0.4, -0.2) is 34.7 Å². The fourth-order valence-corrected chi connectivity index (χ4v) is 3.76. The number of rotatable bonds is 3. The average molecular weight is 278 g/mol. The molecule has 1 saturated heterocycles. The molecule has 3 nitrogen and oxygen atoms in total. The van der Waals surface area contributed by atoms with Crippen LogP contribution in [0.3, 0.4) is 0 Å². The van der Waals surface area contributed by atoms with E-state index in [0.29, 0.717) is 21.5 Å². The van der Waals surface area contributed by atoms with E-state index in [-0.39, 0.29) is 5.91 Å². The van der Waals surface area contributed by atoms with Gasteiger partial charge in [-0.1, -0.05) is 11.6 Å². The van der Waals surface area contributed by atoms with Crippen LogP contribution >= 0.6 is 34.7 Å². The van der Waals surface area contributed by atoms with Crippen LogP contribution in [0.5, 0.6) is 0 Å². The highest BCUT2D eigenvalue weighted by Crippen LogP contribution is 2.27.